The monoisotopic (exact) mass is 257 g/mol. The van der Waals surface area contributed by atoms with E-state index in [-0.39, 0.29) is 0 Å². The number of imidazole rings is 1. The van der Waals surface area contributed by atoms with Crippen molar-refractivity contribution < 1.29 is 0 Å². The third-order valence-electron chi connectivity index (χ3n) is 3.16. The number of fused-ring (bicyclic) bond motifs is 1. The number of nitrogens with zero attached hydrogens (tertiary/aromatic N) is 2. The van der Waals surface area contributed by atoms with Crippen molar-refractivity contribution in [3.05, 3.63) is 42.5 Å². The van der Waals surface area contributed by atoms with E-state index in [1.54, 1.807) is 0 Å². The maximum Gasteiger partial charge on any atom is 0.107 e. The van der Waals surface area contributed by atoms with Crippen LogP contribution in [-0.2, 0) is 13.5 Å². The number of aromatic amines is 1. The first-order chi connectivity index (χ1) is 8.79. The summed E-state index contributed by atoms with van der Waals surface area (Å²) in [6.07, 6.45) is 4.91. The van der Waals surface area contributed by atoms with Crippen LogP contribution in [0.5, 0.6) is 0 Å². The number of hydrogen-bond donors (Lipinski definition) is 2. The molecule has 1 aromatic carbocycles. The van der Waals surface area contributed by atoms with Gasteiger partial charge in [0.05, 0.1) is 11.9 Å². The van der Waals surface area contributed by atoms with Crippen LogP contribution in [-0.4, -0.2) is 20.3 Å². The van der Waals surface area contributed by atoms with Crippen molar-refractivity contribution in [2.24, 2.45) is 7.05 Å². The topological polar surface area (TPSA) is 33.6 Å². The Hall–Kier alpha value is -1.68. The summed E-state index contributed by atoms with van der Waals surface area (Å²) in [5.41, 5.74) is 3.51. The van der Waals surface area contributed by atoms with Crippen molar-refractivity contribution >= 4 is 23.5 Å². The number of aromatic nitrogens is 3. The Morgan fingerprint density at radius 2 is 2.17 bits per heavy atom. The van der Waals surface area contributed by atoms with Crippen LogP contribution in [0, 0.1) is 0 Å². The second-order valence-corrected chi connectivity index (χ2v) is 4.84. The summed E-state index contributed by atoms with van der Waals surface area (Å²) in [7, 11) is 2.07. The number of rotatable bonds is 3. The van der Waals surface area contributed by atoms with Gasteiger partial charge in [-0.05, 0) is 11.8 Å². The lowest BCUT2D eigenvalue weighted by atomic mass is 10.1. The zero-order chi connectivity index (χ0) is 12.5. The van der Waals surface area contributed by atoms with Crippen LogP contribution in [0.2, 0.25) is 0 Å². The molecule has 0 bridgehead atoms. The molecule has 2 heterocycles. The fourth-order valence-electron chi connectivity index (χ4n) is 2.29. The summed E-state index contributed by atoms with van der Waals surface area (Å²) in [4.78, 5) is 7.75. The van der Waals surface area contributed by atoms with Crippen LogP contribution >= 0.6 is 12.6 Å². The van der Waals surface area contributed by atoms with Crippen LogP contribution in [0.4, 0.5) is 0 Å². The van der Waals surface area contributed by atoms with Crippen LogP contribution in [0.25, 0.3) is 22.2 Å². The van der Waals surface area contributed by atoms with Gasteiger partial charge in [-0.25, -0.2) is 4.98 Å². The molecule has 0 saturated carbocycles. The van der Waals surface area contributed by atoms with Gasteiger partial charge in [0.2, 0.25) is 0 Å². The second-order valence-electron chi connectivity index (χ2n) is 4.39. The molecule has 0 aliphatic rings. The van der Waals surface area contributed by atoms with E-state index >= 15 is 0 Å². The Balaban J connectivity index is 2.13. The Labute approximate surface area is 111 Å². The van der Waals surface area contributed by atoms with Crippen molar-refractivity contribution in [3.8, 4) is 11.3 Å². The molecule has 0 aliphatic carbocycles. The third kappa shape index (κ3) is 1.82. The predicted molar refractivity (Wildman–Crippen MR) is 78.1 cm³/mol. The molecule has 0 amide bonds. The molecule has 0 atom stereocenters. The quantitative estimate of drug-likeness (QED) is 0.695. The molecule has 1 N–H and O–H groups in total. The van der Waals surface area contributed by atoms with E-state index in [0.29, 0.717) is 0 Å². The fraction of sp³-hybridized carbons (Fsp3) is 0.214. The van der Waals surface area contributed by atoms with Gasteiger partial charge in [0.15, 0.2) is 0 Å². The summed E-state index contributed by atoms with van der Waals surface area (Å²) < 4.78 is 2.14. The first kappa shape index (κ1) is 11.4. The molecule has 18 heavy (non-hydrogen) atoms. The molecule has 0 saturated heterocycles. The molecule has 3 rings (SSSR count). The van der Waals surface area contributed by atoms with E-state index in [4.69, 9.17) is 0 Å². The Morgan fingerprint density at radius 3 is 3.00 bits per heavy atom. The minimum atomic E-state index is 0.808. The number of thiol groups is 1. The minimum Gasteiger partial charge on any atom is -0.350 e. The highest BCUT2D eigenvalue weighted by Gasteiger charge is 2.10. The van der Waals surface area contributed by atoms with E-state index < -0.39 is 0 Å². The van der Waals surface area contributed by atoms with Gasteiger partial charge in [0.1, 0.15) is 5.82 Å². The molecule has 0 aliphatic heterocycles. The summed E-state index contributed by atoms with van der Waals surface area (Å²) in [5.74, 6) is 1.80. The van der Waals surface area contributed by atoms with E-state index in [9.17, 15) is 0 Å². The largest absolute Gasteiger partial charge is 0.350 e. The second kappa shape index (κ2) is 4.53. The third-order valence-corrected chi connectivity index (χ3v) is 3.39. The van der Waals surface area contributed by atoms with Gasteiger partial charge in [-0.2, -0.15) is 12.6 Å². The van der Waals surface area contributed by atoms with E-state index in [2.05, 4.69) is 64.7 Å². The molecule has 0 fully saturated rings. The Morgan fingerprint density at radius 1 is 1.33 bits per heavy atom. The van der Waals surface area contributed by atoms with E-state index in [1.807, 2.05) is 6.20 Å². The first-order valence-electron chi connectivity index (χ1n) is 5.99. The maximum absolute atomic E-state index is 4.38. The number of aryl methyl sites for hydroxylation is 2. The van der Waals surface area contributed by atoms with Gasteiger partial charge < -0.3 is 9.55 Å². The van der Waals surface area contributed by atoms with Gasteiger partial charge in [0.25, 0.3) is 0 Å². The van der Waals surface area contributed by atoms with Crippen LogP contribution < -0.4 is 0 Å². The highest BCUT2D eigenvalue weighted by molar-refractivity contribution is 7.80. The molecule has 0 radical (unpaired) electrons. The van der Waals surface area contributed by atoms with Crippen molar-refractivity contribution in [1.29, 1.82) is 0 Å². The average Bonchev–Trinajstić information content (AvgIpc) is 2.96. The van der Waals surface area contributed by atoms with Gasteiger partial charge >= 0.3 is 0 Å². The standard InChI is InChI=1S/C14H15N3S/c1-17-9-11(10-4-2-3-5-13(10)17)12-8-15-14(16-12)6-7-18/h2-5,8-9,18H,6-7H2,1H3,(H,15,16). The highest BCUT2D eigenvalue weighted by Crippen LogP contribution is 2.28. The number of nitrogens with one attached hydrogen (secondary N) is 1. The van der Waals surface area contributed by atoms with E-state index in [0.717, 1.165) is 23.7 Å². The van der Waals surface area contributed by atoms with Gasteiger partial charge in [0, 0.05) is 36.1 Å². The number of hydrogen-bond acceptors (Lipinski definition) is 2. The summed E-state index contributed by atoms with van der Waals surface area (Å²) in [6, 6.07) is 8.40. The lowest BCUT2D eigenvalue weighted by molar-refractivity contribution is 0.969. The predicted octanol–water partition coefficient (Wildman–Crippen LogP) is 3.04. The van der Waals surface area contributed by atoms with Crippen molar-refractivity contribution in [1.82, 2.24) is 14.5 Å². The molecule has 92 valence electrons. The molecular weight excluding hydrogens is 242 g/mol. The summed E-state index contributed by atoms with van der Waals surface area (Å²) in [5, 5.41) is 1.25. The number of H-pyrrole nitrogens is 1. The van der Waals surface area contributed by atoms with Crippen molar-refractivity contribution in [3.63, 3.8) is 0 Å². The molecule has 0 spiro atoms. The summed E-state index contributed by atoms with van der Waals surface area (Å²) in [6.45, 7) is 0. The zero-order valence-electron chi connectivity index (χ0n) is 10.2. The molecule has 4 heteroatoms. The van der Waals surface area contributed by atoms with E-state index in [1.165, 1.54) is 16.5 Å². The van der Waals surface area contributed by atoms with Gasteiger partial charge in [-0.1, -0.05) is 18.2 Å². The molecule has 3 nitrogen and oxygen atoms in total. The Bertz CT molecular complexity index is 681. The van der Waals surface area contributed by atoms with Gasteiger partial charge in [-0.15, -0.1) is 0 Å². The molecule has 3 aromatic rings. The minimum absolute atomic E-state index is 0.808. The Kier molecular flexibility index (Phi) is 2.88. The maximum atomic E-state index is 4.38. The number of benzene rings is 1. The van der Waals surface area contributed by atoms with Crippen molar-refractivity contribution in [2.75, 3.05) is 5.75 Å². The first-order valence-corrected chi connectivity index (χ1v) is 6.62. The molecule has 0 unspecified atom stereocenters. The lowest BCUT2D eigenvalue weighted by Crippen LogP contribution is -1.88. The number of para-hydroxylation sites is 1. The summed E-state index contributed by atoms with van der Waals surface area (Å²) >= 11 is 4.23. The average molecular weight is 257 g/mol. The fourth-order valence-corrected chi connectivity index (χ4v) is 2.50. The van der Waals surface area contributed by atoms with Crippen LogP contribution in [0.1, 0.15) is 5.82 Å². The zero-order valence-corrected chi connectivity index (χ0v) is 11.1. The smallest absolute Gasteiger partial charge is 0.107 e. The molecule has 2 aromatic heterocycles. The van der Waals surface area contributed by atoms with Crippen molar-refractivity contribution in [2.45, 2.75) is 6.42 Å². The lowest BCUT2D eigenvalue weighted by Gasteiger charge is -1.95. The van der Waals surface area contributed by atoms with Crippen LogP contribution in [0.15, 0.2) is 36.7 Å². The normalized spacial score (nSPS) is 11.2. The van der Waals surface area contributed by atoms with Crippen LogP contribution in [0.3, 0.4) is 0 Å². The SMILES string of the molecule is Cn1cc(-c2cnc(CCS)[nH]2)c2ccccc21. The highest BCUT2D eigenvalue weighted by atomic mass is 32.1. The molecular formula is C14H15N3S. The van der Waals surface area contributed by atoms with Gasteiger partial charge in [-0.3, -0.25) is 0 Å².